The van der Waals surface area contributed by atoms with Gasteiger partial charge in [-0.3, -0.25) is 4.79 Å². The van der Waals surface area contributed by atoms with Crippen LogP contribution in [-0.2, 0) is 0 Å². The van der Waals surface area contributed by atoms with Gasteiger partial charge in [0.25, 0.3) is 5.56 Å². The van der Waals surface area contributed by atoms with Crippen molar-refractivity contribution in [2.75, 3.05) is 5.84 Å². The van der Waals surface area contributed by atoms with Crippen molar-refractivity contribution in [3.8, 4) is 0 Å². The summed E-state index contributed by atoms with van der Waals surface area (Å²) in [6.07, 6.45) is 0. The van der Waals surface area contributed by atoms with Crippen molar-refractivity contribution >= 4 is 22.5 Å². The summed E-state index contributed by atoms with van der Waals surface area (Å²) >= 11 is 1.49. The van der Waals surface area contributed by atoms with E-state index in [9.17, 15) is 4.79 Å². The third-order valence-corrected chi connectivity index (χ3v) is 3.76. The van der Waals surface area contributed by atoms with Crippen LogP contribution in [0.2, 0.25) is 0 Å². The standard InChI is InChI=1S/C14H11N3OS/c15-17-14(18)12-9-5-4-8-11(12)13(16-17)19-10-6-2-1-3-7-10/h1-9H,15H2. The van der Waals surface area contributed by atoms with Crippen LogP contribution in [0.25, 0.3) is 10.8 Å². The van der Waals surface area contributed by atoms with Crippen LogP contribution in [0, 0.1) is 0 Å². The number of nitrogens with zero attached hydrogens (tertiary/aromatic N) is 2. The Morgan fingerprint density at radius 1 is 0.947 bits per heavy atom. The van der Waals surface area contributed by atoms with E-state index < -0.39 is 0 Å². The Hall–Kier alpha value is -2.27. The summed E-state index contributed by atoms with van der Waals surface area (Å²) in [7, 11) is 0. The Labute approximate surface area is 113 Å². The van der Waals surface area contributed by atoms with E-state index in [2.05, 4.69) is 5.10 Å². The van der Waals surface area contributed by atoms with Gasteiger partial charge in [-0.25, -0.2) is 0 Å². The molecule has 0 amide bonds. The van der Waals surface area contributed by atoms with Crippen LogP contribution < -0.4 is 11.4 Å². The van der Waals surface area contributed by atoms with E-state index in [1.807, 2.05) is 48.5 Å². The normalized spacial score (nSPS) is 10.7. The Balaban J connectivity index is 2.19. The third-order valence-electron chi connectivity index (χ3n) is 2.75. The number of hydrogen-bond acceptors (Lipinski definition) is 4. The van der Waals surface area contributed by atoms with Gasteiger partial charge in [0.1, 0.15) is 5.03 Å². The molecule has 19 heavy (non-hydrogen) atoms. The number of benzene rings is 2. The lowest BCUT2D eigenvalue weighted by Crippen LogP contribution is -2.30. The average molecular weight is 269 g/mol. The molecule has 0 saturated carbocycles. The van der Waals surface area contributed by atoms with Crippen LogP contribution >= 0.6 is 11.8 Å². The Morgan fingerprint density at radius 3 is 2.32 bits per heavy atom. The second-order valence-electron chi connectivity index (χ2n) is 4.02. The molecule has 1 aromatic heterocycles. The van der Waals surface area contributed by atoms with Crippen LogP contribution in [0.4, 0.5) is 0 Å². The highest BCUT2D eigenvalue weighted by Crippen LogP contribution is 2.29. The van der Waals surface area contributed by atoms with Gasteiger partial charge in [0.15, 0.2) is 0 Å². The molecule has 2 N–H and O–H groups in total. The van der Waals surface area contributed by atoms with Crippen LogP contribution in [0.3, 0.4) is 0 Å². The van der Waals surface area contributed by atoms with Gasteiger partial charge in [-0.05, 0) is 18.2 Å². The van der Waals surface area contributed by atoms with Gasteiger partial charge in [-0.15, -0.1) is 9.89 Å². The molecule has 0 bridgehead atoms. The summed E-state index contributed by atoms with van der Waals surface area (Å²) in [5.41, 5.74) is -0.284. The van der Waals surface area contributed by atoms with E-state index in [1.54, 1.807) is 6.07 Å². The Morgan fingerprint density at radius 2 is 1.58 bits per heavy atom. The molecule has 0 saturated heterocycles. The molecule has 1 heterocycles. The molecule has 5 heteroatoms. The lowest BCUT2D eigenvalue weighted by molar-refractivity contribution is 0.733. The van der Waals surface area contributed by atoms with Crippen molar-refractivity contribution in [2.45, 2.75) is 9.92 Å². The topological polar surface area (TPSA) is 60.9 Å². The first-order valence-corrected chi connectivity index (χ1v) is 6.57. The minimum atomic E-state index is -0.284. The van der Waals surface area contributed by atoms with Crippen LogP contribution in [0.1, 0.15) is 0 Å². The van der Waals surface area contributed by atoms with Gasteiger partial charge in [-0.1, -0.05) is 48.2 Å². The molecule has 0 spiro atoms. The van der Waals surface area contributed by atoms with Crippen molar-refractivity contribution in [1.29, 1.82) is 0 Å². The van der Waals surface area contributed by atoms with Crippen molar-refractivity contribution < 1.29 is 0 Å². The fraction of sp³-hybridized carbons (Fsp3) is 0. The quantitative estimate of drug-likeness (QED) is 0.725. The summed E-state index contributed by atoms with van der Waals surface area (Å²) in [5, 5.41) is 6.27. The second-order valence-corrected chi connectivity index (χ2v) is 5.08. The van der Waals surface area contributed by atoms with Crippen molar-refractivity contribution in [2.24, 2.45) is 0 Å². The fourth-order valence-corrected chi connectivity index (χ4v) is 2.79. The molecule has 2 aromatic carbocycles. The third kappa shape index (κ3) is 2.20. The van der Waals surface area contributed by atoms with Crippen LogP contribution in [0.15, 0.2) is 69.3 Å². The van der Waals surface area contributed by atoms with E-state index >= 15 is 0 Å². The van der Waals surface area contributed by atoms with Crippen molar-refractivity contribution in [1.82, 2.24) is 9.89 Å². The van der Waals surface area contributed by atoms with Gasteiger partial charge in [0, 0.05) is 10.3 Å². The highest BCUT2D eigenvalue weighted by molar-refractivity contribution is 7.99. The summed E-state index contributed by atoms with van der Waals surface area (Å²) < 4.78 is 0. The molecular weight excluding hydrogens is 258 g/mol. The maximum absolute atomic E-state index is 11.9. The molecule has 0 aliphatic rings. The van der Waals surface area contributed by atoms with Gasteiger partial charge in [-0.2, -0.15) is 0 Å². The molecule has 3 aromatic rings. The molecule has 0 aliphatic heterocycles. The molecule has 3 rings (SSSR count). The predicted octanol–water partition coefficient (Wildman–Crippen LogP) is 2.26. The summed E-state index contributed by atoms with van der Waals surface area (Å²) in [4.78, 5) is 13.8. The Kier molecular flexibility index (Phi) is 2.97. The number of hydrogen-bond donors (Lipinski definition) is 1. The van der Waals surface area contributed by atoms with Gasteiger partial charge in [0.2, 0.25) is 0 Å². The maximum atomic E-state index is 11.9. The average Bonchev–Trinajstić information content (AvgIpc) is 2.46. The van der Waals surface area contributed by atoms with Crippen LogP contribution in [0.5, 0.6) is 0 Å². The summed E-state index contributed by atoms with van der Waals surface area (Å²) in [5.74, 6) is 5.62. The monoisotopic (exact) mass is 269 g/mol. The largest absolute Gasteiger partial charge is 0.320 e. The number of nitrogen functional groups attached to an aromatic ring is 1. The van der Waals surface area contributed by atoms with E-state index in [-0.39, 0.29) is 5.56 Å². The first kappa shape index (κ1) is 11.8. The molecule has 0 aliphatic carbocycles. The second kappa shape index (κ2) is 4.78. The van der Waals surface area contributed by atoms with Gasteiger partial charge < -0.3 is 5.84 Å². The Bertz CT molecular complexity index is 784. The molecule has 94 valence electrons. The van der Waals surface area contributed by atoms with E-state index in [4.69, 9.17) is 5.84 Å². The van der Waals surface area contributed by atoms with Crippen LogP contribution in [-0.4, -0.2) is 9.89 Å². The molecule has 4 nitrogen and oxygen atoms in total. The lowest BCUT2D eigenvalue weighted by Gasteiger charge is -2.07. The molecule has 0 atom stereocenters. The van der Waals surface area contributed by atoms with Gasteiger partial charge in [0.05, 0.1) is 5.39 Å². The molecule has 0 fully saturated rings. The first-order valence-electron chi connectivity index (χ1n) is 5.76. The zero-order chi connectivity index (χ0) is 13.2. The number of rotatable bonds is 2. The zero-order valence-electron chi connectivity index (χ0n) is 9.98. The zero-order valence-corrected chi connectivity index (χ0v) is 10.8. The minimum Gasteiger partial charge on any atom is -0.320 e. The van der Waals surface area contributed by atoms with Crippen molar-refractivity contribution in [3.63, 3.8) is 0 Å². The number of aromatic nitrogens is 2. The highest BCUT2D eigenvalue weighted by Gasteiger charge is 2.09. The molecular formula is C14H11N3OS. The predicted molar refractivity (Wildman–Crippen MR) is 76.7 cm³/mol. The summed E-state index contributed by atoms with van der Waals surface area (Å²) in [6, 6.07) is 17.2. The number of nitrogens with two attached hydrogens (primary N) is 1. The fourth-order valence-electron chi connectivity index (χ4n) is 1.85. The van der Waals surface area contributed by atoms with E-state index in [1.165, 1.54) is 11.8 Å². The first-order chi connectivity index (χ1) is 9.25. The minimum absolute atomic E-state index is 0.284. The van der Waals surface area contributed by atoms with Crippen molar-refractivity contribution in [3.05, 3.63) is 65.0 Å². The van der Waals surface area contributed by atoms with E-state index in [0.29, 0.717) is 5.39 Å². The molecule has 0 radical (unpaired) electrons. The summed E-state index contributed by atoms with van der Waals surface area (Å²) in [6.45, 7) is 0. The highest BCUT2D eigenvalue weighted by atomic mass is 32.2. The lowest BCUT2D eigenvalue weighted by atomic mass is 10.2. The van der Waals surface area contributed by atoms with E-state index in [0.717, 1.165) is 20.1 Å². The van der Waals surface area contributed by atoms with Gasteiger partial charge >= 0.3 is 0 Å². The SMILES string of the molecule is Nn1nc(Sc2ccccc2)c2ccccc2c1=O. The molecule has 0 unspecified atom stereocenters. The number of fused-ring (bicyclic) bond motifs is 1. The smallest absolute Gasteiger partial charge is 0.293 e. The maximum Gasteiger partial charge on any atom is 0.293 e.